The standard InChI is InChI=1S/C11H10O2.C2H4O2/c1-2-10(11(12)13)8-9-6-4-3-5-7-9;1-2(3)4/h2-8H,1H2,(H,12,13);1H3,(H,3,4). The number of carboxylic acid groups (broad SMARTS) is 2. The third-order valence-corrected chi connectivity index (χ3v) is 1.59. The van der Waals surface area contributed by atoms with Gasteiger partial charge in [-0.25, -0.2) is 4.79 Å². The summed E-state index contributed by atoms with van der Waals surface area (Å²) in [5, 5.41) is 16.1. The van der Waals surface area contributed by atoms with Gasteiger partial charge >= 0.3 is 5.97 Å². The quantitative estimate of drug-likeness (QED) is 0.622. The Morgan fingerprint density at radius 2 is 1.65 bits per heavy atom. The average molecular weight is 234 g/mol. The Kier molecular flexibility index (Phi) is 6.78. The lowest BCUT2D eigenvalue weighted by Crippen LogP contribution is -1.96. The first kappa shape index (κ1) is 14.6. The van der Waals surface area contributed by atoms with E-state index in [1.165, 1.54) is 6.08 Å². The summed E-state index contributed by atoms with van der Waals surface area (Å²) >= 11 is 0. The van der Waals surface area contributed by atoms with Crippen LogP contribution in [0.2, 0.25) is 0 Å². The molecule has 1 aromatic rings. The van der Waals surface area contributed by atoms with E-state index in [1.807, 2.05) is 30.3 Å². The van der Waals surface area contributed by atoms with Crippen molar-refractivity contribution in [2.45, 2.75) is 6.92 Å². The zero-order chi connectivity index (χ0) is 13.3. The first-order valence-corrected chi connectivity index (χ1v) is 4.79. The maximum absolute atomic E-state index is 10.6. The first-order valence-electron chi connectivity index (χ1n) is 4.79. The molecule has 0 atom stereocenters. The van der Waals surface area contributed by atoms with Gasteiger partial charge in [-0.05, 0) is 11.6 Å². The second kappa shape index (κ2) is 7.87. The highest BCUT2D eigenvalue weighted by Gasteiger charge is 2.00. The first-order chi connectivity index (χ1) is 7.97. The molecule has 0 aliphatic heterocycles. The van der Waals surface area contributed by atoms with Crippen LogP contribution >= 0.6 is 0 Å². The Balaban J connectivity index is 0.000000557. The molecule has 1 aromatic carbocycles. The predicted octanol–water partition coefficient (Wildman–Crippen LogP) is 2.43. The van der Waals surface area contributed by atoms with Crippen molar-refractivity contribution in [2.24, 2.45) is 0 Å². The van der Waals surface area contributed by atoms with Gasteiger partial charge in [0, 0.05) is 6.92 Å². The molecule has 0 heterocycles. The van der Waals surface area contributed by atoms with E-state index in [9.17, 15) is 4.79 Å². The smallest absolute Gasteiger partial charge is 0.335 e. The number of hydrogen-bond donors (Lipinski definition) is 2. The molecule has 0 aliphatic carbocycles. The Bertz CT molecular complexity index is 414. The van der Waals surface area contributed by atoms with Crippen molar-refractivity contribution in [3.05, 3.63) is 54.1 Å². The normalized spacial score (nSPS) is 9.82. The van der Waals surface area contributed by atoms with Crippen LogP contribution in [0.15, 0.2) is 48.6 Å². The molecule has 0 aliphatic rings. The van der Waals surface area contributed by atoms with Gasteiger partial charge in [-0.3, -0.25) is 4.79 Å². The van der Waals surface area contributed by atoms with Crippen molar-refractivity contribution in [3.8, 4) is 0 Å². The fourth-order valence-corrected chi connectivity index (χ4v) is 0.937. The minimum Gasteiger partial charge on any atom is -0.481 e. The van der Waals surface area contributed by atoms with Gasteiger partial charge in [0.25, 0.3) is 5.97 Å². The topological polar surface area (TPSA) is 74.6 Å². The van der Waals surface area contributed by atoms with Gasteiger partial charge in [0.1, 0.15) is 0 Å². The van der Waals surface area contributed by atoms with Gasteiger partial charge < -0.3 is 10.2 Å². The molecule has 0 spiro atoms. The minimum absolute atomic E-state index is 0.200. The fraction of sp³-hybridized carbons (Fsp3) is 0.0769. The van der Waals surface area contributed by atoms with E-state index < -0.39 is 11.9 Å². The number of benzene rings is 1. The van der Waals surface area contributed by atoms with Crippen LogP contribution in [0.1, 0.15) is 12.5 Å². The summed E-state index contributed by atoms with van der Waals surface area (Å²) in [5.74, 6) is -1.79. The summed E-state index contributed by atoms with van der Waals surface area (Å²) in [5.41, 5.74) is 1.06. The van der Waals surface area contributed by atoms with Gasteiger partial charge in [-0.15, -0.1) is 0 Å². The predicted molar refractivity (Wildman–Crippen MR) is 65.6 cm³/mol. The van der Waals surface area contributed by atoms with Crippen LogP contribution in [0.5, 0.6) is 0 Å². The van der Waals surface area contributed by atoms with Crippen LogP contribution in [0.3, 0.4) is 0 Å². The number of aliphatic carboxylic acids is 2. The maximum atomic E-state index is 10.6. The van der Waals surface area contributed by atoms with Crippen molar-refractivity contribution < 1.29 is 19.8 Å². The molecule has 0 aromatic heterocycles. The minimum atomic E-state index is -0.959. The summed E-state index contributed by atoms with van der Waals surface area (Å²) in [6, 6.07) is 9.27. The second-order valence-electron chi connectivity index (χ2n) is 3.04. The Labute approximate surface area is 99.5 Å². The average Bonchev–Trinajstić information content (AvgIpc) is 2.26. The van der Waals surface area contributed by atoms with E-state index in [-0.39, 0.29) is 5.57 Å². The van der Waals surface area contributed by atoms with Crippen molar-refractivity contribution in [1.29, 1.82) is 0 Å². The number of rotatable bonds is 3. The molecule has 4 nitrogen and oxygen atoms in total. The van der Waals surface area contributed by atoms with Crippen molar-refractivity contribution in [3.63, 3.8) is 0 Å². The van der Waals surface area contributed by atoms with Crippen molar-refractivity contribution in [2.75, 3.05) is 0 Å². The van der Waals surface area contributed by atoms with E-state index in [2.05, 4.69) is 6.58 Å². The van der Waals surface area contributed by atoms with Gasteiger partial charge in [-0.2, -0.15) is 0 Å². The van der Waals surface area contributed by atoms with Crippen molar-refractivity contribution in [1.82, 2.24) is 0 Å². The zero-order valence-electron chi connectivity index (χ0n) is 9.46. The number of carbonyl (C=O) groups is 2. The molecule has 0 bridgehead atoms. The second-order valence-corrected chi connectivity index (χ2v) is 3.04. The lowest BCUT2D eigenvalue weighted by molar-refractivity contribution is -0.134. The highest BCUT2D eigenvalue weighted by molar-refractivity contribution is 5.95. The summed E-state index contributed by atoms with van der Waals surface area (Å²) < 4.78 is 0. The molecular weight excluding hydrogens is 220 g/mol. The van der Waals surface area contributed by atoms with E-state index in [4.69, 9.17) is 15.0 Å². The van der Waals surface area contributed by atoms with Gasteiger partial charge in [0.05, 0.1) is 5.57 Å². The number of hydrogen-bond acceptors (Lipinski definition) is 2. The lowest BCUT2D eigenvalue weighted by atomic mass is 10.1. The van der Waals surface area contributed by atoms with Crippen LogP contribution in [0.4, 0.5) is 0 Å². The highest BCUT2D eigenvalue weighted by atomic mass is 16.4. The van der Waals surface area contributed by atoms with E-state index in [0.29, 0.717) is 0 Å². The molecule has 17 heavy (non-hydrogen) atoms. The van der Waals surface area contributed by atoms with Gasteiger partial charge in [0.2, 0.25) is 0 Å². The van der Waals surface area contributed by atoms with Crippen LogP contribution in [-0.2, 0) is 9.59 Å². The Morgan fingerprint density at radius 1 is 1.18 bits per heavy atom. The van der Waals surface area contributed by atoms with Crippen LogP contribution in [0, 0.1) is 0 Å². The van der Waals surface area contributed by atoms with Crippen molar-refractivity contribution >= 4 is 18.0 Å². The van der Waals surface area contributed by atoms with E-state index in [1.54, 1.807) is 6.08 Å². The van der Waals surface area contributed by atoms with E-state index >= 15 is 0 Å². The van der Waals surface area contributed by atoms with Crippen LogP contribution in [0.25, 0.3) is 6.08 Å². The third kappa shape index (κ3) is 7.56. The molecule has 0 fully saturated rings. The molecule has 1 rings (SSSR count). The molecular formula is C13H14O4. The third-order valence-electron chi connectivity index (χ3n) is 1.59. The largest absolute Gasteiger partial charge is 0.481 e. The van der Waals surface area contributed by atoms with Gasteiger partial charge in [0.15, 0.2) is 0 Å². The Hall–Kier alpha value is -2.36. The van der Waals surface area contributed by atoms with Crippen LogP contribution in [-0.4, -0.2) is 22.2 Å². The number of carboxylic acids is 2. The molecule has 0 saturated heterocycles. The molecule has 0 saturated carbocycles. The summed E-state index contributed by atoms with van der Waals surface area (Å²) in [4.78, 5) is 19.6. The fourth-order valence-electron chi connectivity index (χ4n) is 0.937. The molecule has 0 amide bonds. The van der Waals surface area contributed by atoms with Crippen LogP contribution < -0.4 is 0 Å². The van der Waals surface area contributed by atoms with E-state index in [0.717, 1.165) is 12.5 Å². The molecule has 2 N–H and O–H groups in total. The highest BCUT2D eigenvalue weighted by Crippen LogP contribution is 2.06. The Morgan fingerprint density at radius 3 is 2.00 bits per heavy atom. The lowest BCUT2D eigenvalue weighted by Gasteiger charge is -1.94. The monoisotopic (exact) mass is 234 g/mol. The molecule has 0 radical (unpaired) electrons. The molecule has 0 unspecified atom stereocenters. The van der Waals surface area contributed by atoms with Gasteiger partial charge in [-0.1, -0.05) is 43.0 Å². The summed E-state index contributed by atoms with van der Waals surface area (Å²) in [6.07, 6.45) is 2.91. The molecule has 4 heteroatoms. The maximum Gasteiger partial charge on any atom is 0.335 e. The summed E-state index contributed by atoms with van der Waals surface area (Å²) in [6.45, 7) is 4.51. The summed E-state index contributed by atoms with van der Waals surface area (Å²) in [7, 11) is 0. The SMILES string of the molecule is C=CC(=Cc1ccccc1)C(=O)O.CC(=O)O. The zero-order valence-corrected chi connectivity index (χ0v) is 9.46. The molecule has 90 valence electrons.